The van der Waals surface area contributed by atoms with Gasteiger partial charge in [-0.25, -0.2) is 4.90 Å². The first-order valence-electron chi connectivity index (χ1n) is 11.1. The molecule has 3 amide bonds. The van der Waals surface area contributed by atoms with Crippen LogP contribution in [0.2, 0.25) is 0 Å². The van der Waals surface area contributed by atoms with Crippen molar-refractivity contribution in [2.45, 2.75) is 84.7 Å². The number of benzene rings is 1. The average Bonchev–Trinajstić information content (AvgIpc) is 2.96. The van der Waals surface area contributed by atoms with E-state index < -0.39 is 6.04 Å². The predicted octanol–water partition coefficient (Wildman–Crippen LogP) is 4.31. The third kappa shape index (κ3) is 5.02. The molecule has 1 saturated carbocycles. The summed E-state index contributed by atoms with van der Waals surface area (Å²) in [7, 11) is 0. The molecule has 2 aliphatic rings. The third-order valence-corrected chi connectivity index (χ3v) is 5.80. The Morgan fingerprint density at radius 2 is 1.73 bits per heavy atom. The van der Waals surface area contributed by atoms with Crippen LogP contribution in [0.4, 0.5) is 5.69 Å². The summed E-state index contributed by atoms with van der Waals surface area (Å²) in [6, 6.07) is 6.31. The molecule has 0 N–H and O–H groups in total. The van der Waals surface area contributed by atoms with Crippen molar-refractivity contribution in [1.82, 2.24) is 4.90 Å². The molecule has 0 aromatic heterocycles. The van der Waals surface area contributed by atoms with Gasteiger partial charge in [-0.15, -0.1) is 0 Å². The summed E-state index contributed by atoms with van der Waals surface area (Å²) < 4.78 is 5.45. The normalized spacial score (nSPS) is 20.5. The van der Waals surface area contributed by atoms with Gasteiger partial charge in [0.05, 0.1) is 18.7 Å². The van der Waals surface area contributed by atoms with Crippen molar-refractivity contribution in [2.24, 2.45) is 5.41 Å². The van der Waals surface area contributed by atoms with Gasteiger partial charge in [-0.2, -0.15) is 0 Å². The molecule has 6 heteroatoms. The van der Waals surface area contributed by atoms with E-state index in [9.17, 15) is 14.4 Å². The number of ether oxygens (including phenoxy) is 1. The van der Waals surface area contributed by atoms with Gasteiger partial charge >= 0.3 is 0 Å². The molecule has 30 heavy (non-hydrogen) atoms. The number of carbonyl (C=O) groups is 3. The number of carbonyl (C=O) groups excluding carboxylic acids is 3. The van der Waals surface area contributed by atoms with E-state index in [0.717, 1.165) is 32.1 Å². The van der Waals surface area contributed by atoms with Crippen LogP contribution < -0.4 is 9.64 Å². The summed E-state index contributed by atoms with van der Waals surface area (Å²) >= 11 is 0. The molecule has 0 radical (unpaired) electrons. The van der Waals surface area contributed by atoms with Crippen LogP contribution in [-0.4, -0.2) is 41.3 Å². The second-order valence-electron chi connectivity index (χ2n) is 9.54. The summed E-state index contributed by atoms with van der Waals surface area (Å²) in [5.41, 5.74) is 0.354. The van der Waals surface area contributed by atoms with E-state index in [0.29, 0.717) is 24.5 Å². The first-order valence-corrected chi connectivity index (χ1v) is 11.1. The van der Waals surface area contributed by atoms with Gasteiger partial charge in [0.2, 0.25) is 11.8 Å². The number of anilines is 1. The van der Waals surface area contributed by atoms with E-state index in [2.05, 4.69) is 0 Å². The van der Waals surface area contributed by atoms with Gasteiger partial charge in [0, 0.05) is 12.5 Å². The molecule has 1 aromatic rings. The highest BCUT2D eigenvalue weighted by molar-refractivity contribution is 6.23. The van der Waals surface area contributed by atoms with E-state index in [1.807, 2.05) is 27.7 Å². The third-order valence-electron chi connectivity index (χ3n) is 5.80. The maximum atomic E-state index is 13.4. The van der Waals surface area contributed by atoms with Crippen molar-refractivity contribution in [1.29, 1.82) is 0 Å². The van der Waals surface area contributed by atoms with E-state index in [4.69, 9.17) is 4.74 Å². The SMILES string of the molecule is CCOc1ccc(N2C(=O)CC(N(C(=O)CC(C)(C)C)C3CCCCC3)C2=O)cc1. The lowest BCUT2D eigenvalue weighted by Gasteiger charge is -2.38. The zero-order valence-corrected chi connectivity index (χ0v) is 18.6. The fraction of sp³-hybridized carbons (Fsp3) is 0.625. The quantitative estimate of drug-likeness (QED) is 0.651. The first kappa shape index (κ1) is 22.3. The Morgan fingerprint density at radius 1 is 1.10 bits per heavy atom. The summed E-state index contributed by atoms with van der Waals surface area (Å²) in [6.07, 6.45) is 5.49. The summed E-state index contributed by atoms with van der Waals surface area (Å²) in [4.78, 5) is 42.5. The topological polar surface area (TPSA) is 66.9 Å². The lowest BCUT2D eigenvalue weighted by atomic mass is 9.88. The van der Waals surface area contributed by atoms with Gasteiger partial charge in [0.15, 0.2) is 0 Å². The van der Waals surface area contributed by atoms with E-state index >= 15 is 0 Å². The molecule has 1 aromatic carbocycles. The van der Waals surface area contributed by atoms with Crippen molar-refractivity contribution in [2.75, 3.05) is 11.5 Å². The maximum absolute atomic E-state index is 13.4. The highest BCUT2D eigenvalue weighted by Gasteiger charge is 2.46. The molecule has 1 atom stereocenters. The highest BCUT2D eigenvalue weighted by Crippen LogP contribution is 2.33. The van der Waals surface area contributed by atoms with Gasteiger partial charge in [-0.3, -0.25) is 14.4 Å². The molecule has 6 nitrogen and oxygen atoms in total. The summed E-state index contributed by atoms with van der Waals surface area (Å²) in [5.74, 6) is 0.130. The average molecular weight is 415 g/mol. The first-order chi connectivity index (χ1) is 14.2. The van der Waals surface area contributed by atoms with Crippen LogP contribution in [0.1, 0.15) is 72.6 Å². The fourth-order valence-electron chi connectivity index (χ4n) is 4.50. The standard InChI is InChI=1S/C24H34N2O4/c1-5-30-19-13-11-18(12-14-19)26-21(27)15-20(23(26)29)25(17-9-7-6-8-10-17)22(28)16-24(2,3)4/h11-14,17,20H,5-10,15-16H2,1-4H3. The van der Waals surface area contributed by atoms with Crippen molar-refractivity contribution in [3.8, 4) is 5.75 Å². The van der Waals surface area contributed by atoms with Crippen LogP contribution in [0.3, 0.4) is 0 Å². The molecule has 3 rings (SSSR count). The lowest BCUT2D eigenvalue weighted by Crippen LogP contribution is -2.52. The van der Waals surface area contributed by atoms with Crippen LogP contribution in [-0.2, 0) is 14.4 Å². The molecule has 0 bridgehead atoms. The minimum atomic E-state index is -0.706. The maximum Gasteiger partial charge on any atom is 0.257 e. The van der Waals surface area contributed by atoms with Crippen molar-refractivity contribution < 1.29 is 19.1 Å². The largest absolute Gasteiger partial charge is 0.494 e. The second kappa shape index (κ2) is 9.19. The Labute approximate surface area is 179 Å². The van der Waals surface area contributed by atoms with E-state index in [1.54, 1.807) is 29.2 Å². The van der Waals surface area contributed by atoms with Gasteiger partial charge in [0.1, 0.15) is 11.8 Å². The monoisotopic (exact) mass is 414 g/mol. The van der Waals surface area contributed by atoms with Crippen LogP contribution in [0.25, 0.3) is 0 Å². The van der Waals surface area contributed by atoms with Crippen LogP contribution in [0, 0.1) is 5.41 Å². The van der Waals surface area contributed by atoms with Crippen LogP contribution in [0.5, 0.6) is 5.75 Å². The number of rotatable bonds is 6. The lowest BCUT2D eigenvalue weighted by molar-refractivity contribution is -0.143. The van der Waals surface area contributed by atoms with Gasteiger partial charge in [0.25, 0.3) is 5.91 Å². The molecular formula is C24H34N2O4. The molecule has 1 aliphatic heterocycles. The molecule has 0 spiro atoms. The molecule has 2 fully saturated rings. The van der Waals surface area contributed by atoms with Crippen molar-refractivity contribution >= 4 is 23.4 Å². The Bertz CT molecular complexity index is 775. The predicted molar refractivity (Wildman–Crippen MR) is 116 cm³/mol. The number of imide groups is 1. The number of hydrogen-bond donors (Lipinski definition) is 0. The smallest absolute Gasteiger partial charge is 0.257 e. The molecule has 1 heterocycles. The zero-order chi connectivity index (χ0) is 21.9. The van der Waals surface area contributed by atoms with Gasteiger partial charge in [-0.1, -0.05) is 40.0 Å². The molecule has 1 saturated heterocycles. The minimum absolute atomic E-state index is 0.0194. The Balaban J connectivity index is 1.85. The van der Waals surface area contributed by atoms with Gasteiger partial charge in [-0.05, 0) is 49.4 Å². The summed E-state index contributed by atoms with van der Waals surface area (Å²) in [5, 5.41) is 0. The van der Waals surface area contributed by atoms with Gasteiger partial charge < -0.3 is 9.64 Å². The van der Waals surface area contributed by atoms with Crippen molar-refractivity contribution in [3.63, 3.8) is 0 Å². The number of amides is 3. The fourth-order valence-corrected chi connectivity index (χ4v) is 4.50. The Kier molecular flexibility index (Phi) is 6.84. The highest BCUT2D eigenvalue weighted by atomic mass is 16.5. The minimum Gasteiger partial charge on any atom is -0.494 e. The molecule has 1 aliphatic carbocycles. The summed E-state index contributed by atoms with van der Waals surface area (Å²) in [6.45, 7) is 8.53. The number of nitrogens with zero attached hydrogens (tertiary/aromatic N) is 2. The van der Waals surface area contributed by atoms with Crippen LogP contribution >= 0.6 is 0 Å². The van der Waals surface area contributed by atoms with E-state index in [-0.39, 0.29) is 35.6 Å². The molecule has 164 valence electrons. The second-order valence-corrected chi connectivity index (χ2v) is 9.54. The molecule has 1 unspecified atom stereocenters. The molecular weight excluding hydrogens is 380 g/mol. The van der Waals surface area contributed by atoms with Crippen molar-refractivity contribution in [3.05, 3.63) is 24.3 Å². The zero-order valence-electron chi connectivity index (χ0n) is 18.6. The Morgan fingerprint density at radius 3 is 2.30 bits per heavy atom. The van der Waals surface area contributed by atoms with Crippen LogP contribution in [0.15, 0.2) is 24.3 Å². The Hall–Kier alpha value is -2.37. The van der Waals surface area contributed by atoms with E-state index in [1.165, 1.54) is 4.90 Å². The number of hydrogen-bond acceptors (Lipinski definition) is 4.